The molecule has 0 aromatic rings. The van der Waals surface area contributed by atoms with Gasteiger partial charge in [0, 0.05) is 25.7 Å². The van der Waals surface area contributed by atoms with E-state index in [0.29, 0.717) is 25.6 Å². The van der Waals surface area contributed by atoms with Gasteiger partial charge in [-0.1, -0.05) is 0 Å². The van der Waals surface area contributed by atoms with E-state index in [0.717, 1.165) is 6.54 Å². The molecule has 2 aliphatic rings. The van der Waals surface area contributed by atoms with Gasteiger partial charge in [0.05, 0.1) is 19.1 Å². The second-order valence-electron chi connectivity index (χ2n) is 6.01. The maximum Gasteiger partial charge on any atom is 0.320 e. The monoisotopic (exact) mass is 284 g/mol. The molecule has 1 atom stereocenters. The van der Waals surface area contributed by atoms with Crippen LogP contribution in [0, 0.1) is 5.92 Å². The number of hydrogen-bond acceptors (Lipinski definition) is 3. The zero-order valence-corrected chi connectivity index (χ0v) is 12.2. The Hall–Kier alpha value is -1.30. The minimum Gasteiger partial charge on any atom is -0.481 e. The van der Waals surface area contributed by atoms with E-state index >= 15 is 0 Å². The van der Waals surface area contributed by atoms with Gasteiger partial charge in [0.1, 0.15) is 0 Å². The van der Waals surface area contributed by atoms with Crippen molar-refractivity contribution in [3.05, 3.63) is 0 Å². The molecule has 1 aliphatic carbocycles. The summed E-state index contributed by atoms with van der Waals surface area (Å²) < 4.78 is 5.41. The van der Waals surface area contributed by atoms with Gasteiger partial charge < -0.3 is 19.6 Å². The van der Waals surface area contributed by atoms with E-state index in [1.165, 1.54) is 12.8 Å². The number of aliphatic carboxylic acids is 1. The summed E-state index contributed by atoms with van der Waals surface area (Å²) in [5.74, 6) is -0.236. The van der Waals surface area contributed by atoms with Gasteiger partial charge in [-0.05, 0) is 32.6 Å². The lowest BCUT2D eigenvalue weighted by atomic mass is 10.2. The first-order chi connectivity index (χ1) is 9.47. The molecule has 2 fully saturated rings. The Balaban J connectivity index is 1.93. The minimum absolute atomic E-state index is 0.0191. The molecular formula is C14H24N2O4. The van der Waals surface area contributed by atoms with E-state index < -0.39 is 5.97 Å². The van der Waals surface area contributed by atoms with Gasteiger partial charge in [0.15, 0.2) is 0 Å². The van der Waals surface area contributed by atoms with E-state index in [2.05, 4.69) is 0 Å². The van der Waals surface area contributed by atoms with Crippen LogP contribution in [-0.4, -0.2) is 65.3 Å². The van der Waals surface area contributed by atoms with Crippen molar-refractivity contribution >= 4 is 12.0 Å². The number of carbonyl (C=O) groups excluding carboxylic acids is 1. The topological polar surface area (TPSA) is 70.1 Å². The maximum atomic E-state index is 12.6. The standard InChI is InChI=1S/C14H24N2O4/c1-10(2)16(8-11-3-4-11)14(19)15-5-6-20-12(9-15)7-13(17)18/h10-12H,3-9H2,1-2H3,(H,17,18). The first-order valence-corrected chi connectivity index (χ1v) is 7.36. The van der Waals surface area contributed by atoms with Gasteiger partial charge in [-0.2, -0.15) is 0 Å². The average molecular weight is 284 g/mol. The molecule has 0 spiro atoms. The summed E-state index contributed by atoms with van der Waals surface area (Å²) in [7, 11) is 0. The molecule has 0 aromatic heterocycles. The molecule has 6 nitrogen and oxygen atoms in total. The highest BCUT2D eigenvalue weighted by molar-refractivity contribution is 5.75. The van der Waals surface area contributed by atoms with Gasteiger partial charge in [-0.15, -0.1) is 0 Å². The van der Waals surface area contributed by atoms with Crippen molar-refractivity contribution in [3.63, 3.8) is 0 Å². The zero-order valence-electron chi connectivity index (χ0n) is 12.2. The number of amides is 2. The Kier molecular flexibility index (Phi) is 4.86. The van der Waals surface area contributed by atoms with Crippen molar-refractivity contribution in [2.24, 2.45) is 5.92 Å². The van der Waals surface area contributed by atoms with E-state index in [1.807, 2.05) is 18.7 Å². The molecule has 1 saturated carbocycles. The fraction of sp³-hybridized carbons (Fsp3) is 0.857. The number of hydrogen-bond donors (Lipinski definition) is 1. The number of ether oxygens (including phenoxy) is 1. The summed E-state index contributed by atoms with van der Waals surface area (Å²) in [5.41, 5.74) is 0. The van der Waals surface area contributed by atoms with Crippen LogP contribution in [0.2, 0.25) is 0 Å². The lowest BCUT2D eigenvalue weighted by Gasteiger charge is -2.37. The predicted octanol–water partition coefficient (Wildman–Crippen LogP) is 1.40. The molecule has 1 unspecified atom stereocenters. The molecule has 1 saturated heterocycles. The zero-order chi connectivity index (χ0) is 14.7. The van der Waals surface area contributed by atoms with Gasteiger partial charge >= 0.3 is 12.0 Å². The van der Waals surface area contributed by atoms with Crippen LogP contribution in [0.3, 0.4) is 0 Å². The molecule has 0 radical (unpaired) electrons. The Morgan fingerprint density at radius 2 is 2.10 bits per heavy atom. The van der Waals surface area contributed by atoms with E-state index in [-0.39, 0.29) is 24.6 Å². The number of morpholine rings is 1. The number of carbonyl (C=O) groups is 2. The van der Waals surface area contributed by atoms with Crippen molar-refractivity contribution in [1.82, 2.24) is 9.80 Å². The first kappa shape index (κ1) is 15.1. The Bertz CT molecular complexity index is 368. The fourth-order valence-corrected chi connectivity index (χ4v) is 2.48. The summed E-state index contributed by atoms with van der Waals surface area (Å²) in [6, 6.07) is 0.189. The summed E-state index contributed by atoms with van der Waals surface area (Å²) in [6.07, 6.45) is 1.98. The Labute approximate surface area is 119 Å². The molecule has 2 rings (SSSR count). The molecule has 20 heavy (non-hydrogen) atoms. The van der Waals surface area contributed by atoms with Crippen LogP contribution in [0.15, 0.2) is 0 Å². The molecule has 1 N–H and O–H groups in total. The molecule has 6 heteroatoms. The number of rotatable bonds is 5. The highest BCUT2D eigenvalue weighted by Crippen LogP contribution is 2.30. The number of carboxylic acids is 1. The normalized spacial score (nSPS) is 22.9. The van der Waals surface area contributed by atoms with Crippen molar-refractivity contribution < 1.29 is 19.4 Å². The molecule has 1 aliphatic heterocycles. The van der Waals surface area contributed by atoms with Crippen molar-refractivity contribution in [1.29, 1.82) is 0 Å². The predicted molar refractivity (Wildman–Crippen MR) is 73.5 cm³/mol. The molecular weight excluding hydrogens is 260 g/mol. The van der Waals surface area contributed by atoms with Gasteiger partial charge in [0.25, 0.3) is 0 Å². The Morgan fingerprint density at radius 1 is 1.40 bits per heavy atom. The molecule has 0 aromatic carbocycles. The smallest absolute Gasteiger partial charge is 0.320 e. The quantitative estimate of drug-likeness (QED) is 0.828. The van der Waals surface area contributed by atoms with Gasteiger partial charge in [-0.3, -0.25) is 4.79 Å². The average Bonchev–Trinajstić information content (AvgIpc) is 3.18. The third kappa shape index (κ3) is 4.10. The molecule has 114 valence electrons. The molecule has 2 amide bonds. The Morgan fingerprint density at radius 3 is 2.65 bits per heavy atom. The first-order valence-electron chi connectivity index (χ1n) is 7.36. The van der Waals surface area contributed by atoms with Crippen molar-refractivity contribution in [3.8, 4) is 0 Å². The van der Waals surface area contributed by atoms with Crippen LogP contribution >= 0.6 is 0 Å². The van der Waals surface area contributed by atoms with Crippen LogP contribution in [0.4, 0.5) is 4.79 Å². The number of urea groups is 1. The van der Waals surface area contributed by atoms with Gasteiger partial charge in [-0.25, -0.2) is 4.79 Å². The minimum atomic E-state index is -0.886. The van der Waals surface area contributed by atoms with Crippen LogP contribution < -0.4 is 0 Å². The second kappa shape index (κ2) is 6.43. The molecule has 0 bridgehead atoms. The fourth-order valence-electron chi connectivity index (χ4n) is 2.48. The summed E-state index contributed by atoms with van der Waals surface area (Å²) >= 11 is 0. The van der Waals surface area contributed by atoms with E-state index in [9.17, 15) is 9.59 Å². The lowest BCUT2D eigenvalue weighted by molar-refractivity contribution is -0.141. The van der Waals surface area contributed by atoms with Crippen molar-refractivity contribution in [2.45, 2.75) is 45.3 Å². The number of carboxylic acid groups (broad SMARTS) is 1. The van der Waals surface area contributed by atoms with Crippen LogP contribution in [-0.2, 0) is 9.53 Å². The van der Waals surface area contributed by atoms with Crippen LogP contribution in [0.1, 0.15) is 33.1 Å². The summed E-state index contributed by atoms with van der Waals surface area (Å²) in [4.78, 5) is 27.0. The lowest BCUT2D eigenvalue weighted by Crippen LogP contribution is -2.53. The molecule has 1 heterocycles. The van der Waals surface area contributed by atoms with E-state index in [4.69, 9.17) is 9.84 Å². The SMILES string of the molecule is CC(C)N(CC1CC1)C(=O)N1CCOC(CC(=O)O)C1. The third-order valence-electron chi connectivity index (χ3n) is 3.83. The van der Waals surface area contributed by atoms with Crippen LogP contribution in [0.25, 0.3) is 0 Å². The van der Waals surface area contributed by atoms with E-state index in [1.54, 1.807) is 4.90 Å². The van der Waals surface area contributed by atoms with Gasteiger partial charge in [0.2, 0.25) is 0 Å². The number of nitrogens with zero attached hydrogens (tertiary/aromatic N) is 2. The van der Waals surface area contributed by atoms with Crippen molar-refractivity contribution in [2.75, 3.05) is 26.2 Å². The second-order valence-corrected chi connectivity index (χ2v) is 6.01. The maximum absolute atomic E-state index is 12.6. The van der Waals surface area contributed by atoms with Crippen LogP contribution in [0.5, 0.6) is 0 Å². The third-order valence-corrected chi connectivity index (χ3v) is 3.83. The highest BCUT2D eigenvalue weighted by atomic mass is 16.5. The summed E-state index contributed by atoms with van der Waals surface area (Å²) in [6.45, 7) is 6.20. The summed E-state index contributed by atoms with van der Waals surface area (Å²) in [5, 5.41) is 8.82. The largest absolute Gasteiger partial charge is 0.481 e. The highest BCUT2D eigenvalue weighted by Gasteiger charge is 2.33.